The second kappa shape index (κ2) is 3.91. The van der Waals surface area contributed by atoms with Gasteiger partial charge in [-0.3, -0.25) is 0 Å². The lowest BCUT2D eigenvalue weighted by atomic mass is 9.82. The predicted molar refractivity (Wildman–Crippen MR) is 69.3 cm³/mol. The summed E-state index contributed by atoms with van der Waals surface area (Å²) in [5.41, 5.74) is 9.54. The molecular formula is C14H17N3. The SMILES string of the molecule is Cc1c(C2CCC2)nn(-c2ccccc2)c1N. The lowest BCUT2D eigenvalue weighted by molar-refractivity contribution is 0.408. The summed E-state index contributed by atoms with van der Waals surface area (Å²) in [5, 5.41) is 4.69. The van der Waals surface area contributed by atoms with Crippen molar-refractivity contribution in [1.82, 2.24) is 9.78 Å². The molecule has 0 unspecified atom stereocenters. The first kappa shape index (κ1) is 10.4. The first-order chi connectivity index (χ1) is 8.27. The molecule has 0 aliphatic heterocycles. The van der Waals surface area contributed by atoms with Crippen LogP contribution in [0.5, 0.6) is 0 Å². The topological polar surface area (TPSA) is 43.8 Å². The fraction of sp³-hybridized carbons (Fsp3) is 0.357. The lowest BCUT2D eigenvalue weighted by Gasteiger charge is -2.23. The Labute approximate surface area is 101 Å². The van der Waals surface area contributed by atoms with E-state index in [1.54, 1.807) is 0 Å². The molecule has 0 atom stereocenters. The van der Waals surface area contributed by atoms with Crippen molar-refractivity contribution < 1.29 is 0 Å². The third kappa shape index (κ3) is 1.62. The molecule has 1 aliphatic rings. The van der Waals surface area contributed by atoms with Gasteiger partial charge in [-0.05, 0) is 31.9 Å². The maximum atomic E-state index is 6.15. The summed E-state index contributed by atoms with van der Waals surface area (Å²) in [5.74, 6) is 1.40. The van der Waals surface area contributed by atoms with Crippen LogP contribution in [0.15, 0.2) is 30.3 Å². The highest BCUT2D eigenvalue weighted by atomic mass is 15.3. The average molecular weight is 227 g/mol. The smallest absolute Gasteiger partial charge is 0.130 e. The van der Waals surface area contributed by atoms with Crippen molar-refractivity contribution in [2.24, 2.45) is 0 Å². The largest absolute Gasteiger partial charge is 0.383 e. The molecule has 1 saturated carbocycles. The molecule has 1 heterocycles. The lowest BCUT2D eigenvalue weighted by Crippen LogP contribution is -2.10. The van der Waals surface area contributed by atoms with Crippen LogP contribution in [0.1, 0.15) is 36.4 Å². The van der Waals surface area contributed by atoms with Crippen molar-refractivity contribution in [2.45, 2.75) is 32.1 Å². The quantitative estimate of drug-likeness (QED) is 0.857. The van der Waals surface area contributed by atoms with Gasteiger partial charge >= 0.3 is 0 Å². The van der Waals surface area contributed by atoms with Crippen LogP contribution in [0.4, 0.5) is 5.82 Å². The van der Waals surface area contributed by atoms with Crippen LogP contribution < -0.4 is 5.73 Å². The van der Waals surface area contributed by atoms with Crippen LogP contribution in [-0.2, 0) is 0 Å². The predicted octanol–water partition coefficient (Wildman–Crippen LogP) is 3.03. The van der Waals surface area contributed by atoms with Gasteiger partial charge in [0.2, 0.25) is 0 Å². The van der Waals surface area contributed by atoms with E-state index in [0.29, 0.717) is 5.92 Å². The minimum atomic E-state index is 0.627. The Morgan fingerprint density at radius 1 is 1.24 bits per heavy atom. The molecule has 17 heavy (non-hydrogen) atoms. The van der Waals surface area contributed by atoms with Crippen LogP contribution in [0.25, 0.3) is 5.69 Å². The highest BCUT2D eigenvalue weighted by Gasteiger charge is 2.26. The van der Waals surface area contributed by atoms with Crippen molar-refractivity contribution in [3.05, 3.63) is 41.6 Å². The first-order valence-electron chi connectivity index (χ1n) is 6.18. The summed E-state index contributed by atoms with van der Waals surface area (Å²) in [6.07, 6.45) is 3.83. The minimum Gasteiger partial charge on any atom is -0.383 e. The van der Waals surface area contributed by atoms with Gasteiger partial charge in [-0.1, -0.05) is 24.6 Å². The van der Waals surface area contributed by atoms with Gasteiger partial charge in [0.05, 0.1) is 11.4 Å². The van der Waals surface area contributed by atoms with E-state index >= 15 is 0 Å². The summed E-state index contributed by atoms with van der Waals surface area (Å²) in [7, 11) is 0. The van der Waals surface area contributed by atoms with Gasteiger partial charge in [0, 0.05) is 11.5 Å². The number of nitrogen functional groups attached to an aromatic ring is 1. The van der Waals surface area contributed by atoms with Gasteiger partial charge in [-0.15, -0.1) is 0 Å². The number of hydrogen-bond donors (Lipinski definition) is 1. The number of nitrogens with two attached hydrogens (primary N) is 1. The van der Waals surface area contributed by atoms with E-state index in [4.69, 9.17) is 10.8 Å². The Kier molecular flexibility index (Phi) is 2.39. The van der Waals surface area contributed by atoms with E-state index in [1.165, 1.54) is 25.0 Å². The molecule has 1 aromatic heterocycles. The van der Waals surface area contributed by atoms with Gasteiger partial charge in [0.1, 0.15) is 5.82 Å². The van der Waals surface area contributed by atoms with E-state index in [0.717, 1.165) is 17.1 Å². The van der Waals surface area contributed by atoms with Gasteiger partial charge in [-0.2, -0.15) is 5.10 Å². The molecule has 1 fully saturated rings. The number of nitrogens with zero attached hydrogens (tertiary/aromatic N) is 2. The molecule has 0 saturated heterocycles. The Balaban J connectivity index is 2.06. The zero-order valence-electron chi connectivity index (χ0n) is 10.1. The molecule has 3 heteroatoms. The van der Waals surface area contributed by atoms with Crippen LogP contribution in [0.2, 0.25) is 0 Å². The minimum absolute atomic E-state index is 0.627. The molecule has 0 radical (unpaired) electrons. The maximum absolute atomic E-state index is 6.15. The summed E-state index contributed by atoms with van der Waals surface area (Å²) in [6.45, 7) is 2.08. The van der Waals surface area contributed by atoms with Crippen molar-refractivity contribution in [1.29, 1.82) is 0 Å². The van der Waals surface area contributed by atoms with Crippen LogP contribution in [0.3, 0.4) is 0 Å². The standard InChI is InChI=1S/C14H17N3/c1-10-13(11-6-5-7-11)16-17(14(10)15)12-8-3-2-4-9-12/h2-4,8-9,11H,5-7,15H2,1H3. The zero-order valence-corrected chi connectivity index (χ0v) is 10.1. The molecule has 2 N–H and O–H groups in total. The summed E-state index contributed by atoms with van der Waals surface area (Å²) >= 11 is 0. The van der Waals surface area contributed by atoms with Crippen LogP contribution in [0, 0.1) is 6.92 Å². The second-order valence-electron chi connectivity index (χ2n) is 4.77. The monoisotopic (exact) mass is 227 g/mol. The second-order valence-corrected chi connectivity index (χ2v) is 4.77. The Morgan fingerprint density at radius 3 is 2.53 bits per heavy atom. The van der Waals surface area contributed by atoms with Gasteiger partial charge < -0.3 is 5.73 Å². The summed E-state index contributed by atoms with van der Waals surface area (Å²) < 4.78 is 1.86. The van der Waals surface area contributed by atoms with Crippen LogP contribution >= 0.6 is 0 Å². The van der Waals surface area contributed by atoms with Gasteiger partial charge in [0.15, 0.2) is 0 Å². The zero-order chi connectivity index (χ0) is 11.8. The Morgan fingerprint density at radius 2 is 1.94 bits per heavy atom. The number of hydrogen-bond acceptors (Lipinski definition) is 2. The fourth-order valence-corrected chi connectivity index (χ4v) is 2.36. The van der Waals surface area contributed by atoms with Crippen molar-refractivity contribution >= 4 is 5.82 Å². The van der Waals surface area contributed by atoms with E-state index in [9.17, 15) is 0 Å². The van der Waals surface area contributed by atoms with E-state index in [-0.39, 0.29) is 0 Å². The van der Waals surface area contributed by atoms with Crippen molar-refractivity contribution in [2.75, 3.05) is 5.73 Å². The third-order valence-corrected chi connectivity index (χ3v) is 3.70. The molecule has 1 aliphatic carbocycles. The Hall–Kier alpha value is -1.77. The number of aromatic nitrogens is 2. The normalized spacial score (nSPS) is 15.8. The summed E-state index contributed by atoms with van der Waals surface area (Å²) in [4.78, 5) is 0. The molecular weight excluding hydrogens is 210 g/mol. The van der Waals surface area contributed by atoms with E-state index in [1.807, 2.05) is 35.0 Å². The number of rotatable bonds is 2. The molecule has 3 rings (SSSR count). The van der Waals surface area contributed by atoms with E-state index < -0.39 is 0 Å². The molecule has 2 aromatic rings. The van der Waals surface area contributed by atoms with E-state index in [2.05, 4.69) is 6.92 Å². The molecule has 88 valence electrons. The molecule has 0 amide bonds. The summed E-state index contributed by atoms with van der Waals surface area (Å²) in [6, 6.07) is 10.1. The first-order valence-corrected chi connectivity index (χ1v) is 6.18. The molecule has 1 aromatic carbocycles. The van der Waals surface area contributed by atoms with Gasteiger partial charge in [0.25, 0.3) is 0 Å². The molecule has 0 spiro atoms. The highest BCUT2D eigenvalue weighted by molar-refractivity contribution is 5.50. The average Bonchev–Trinajstić information content (AvgIpc) is 2.57. The Bertz CT molecular complexity index is 524. The van der Waals surface area contributed by atoms with Crippen molar-refractivity contribution in [3.63, 3.8) is 0 Å². The van der Waals surface area contributed by atoms with Crippen LogP contribution in [-0.4, -0.2) is 9.78 Å². The third-order valence-electron chi connectivity index (χ3n) is 3.70. The number of benzene rings is 1. The molecule has 0 bridgehead atoms. The maximum Gasteiger partial charge on any atom is 0.130 e. The molecule has 3 nitrogen and oxygen atoms in total. The highest BCUT2D eigenvalue weighted by Crippen LogP contribution is 2.38. The van der Waals surface area contributed by atoms with Gasteiger partial charge in [-0.25, -0.2) is 4.68 Å². The number of para-hydroxylation sites is 1. The fourth-order valence-electron chi connectivity index (χ4n) is 2.36. The van der Waals surface area contributed by atoms with Crippen molar-refractivity contribution in [3.8, 4) is 5.69 Å². The number of anilines is 1.